The maximum absolute atomic E-state index is 11.8. The third-order valence-electron chi connectivity index (χ3n) is 5.85. The number of carbonyl (C=O) groups is 1. The molecule has 5 heterocycles. The second-order valence-corrected chi connectivity index (χ2v) is 10.0. The molecule has 1 aromatic carbocycles. The number of imidazole rings is 1. The van der Waals surface area contributed by atoms with Gasteiger partial charge in [-0.05, 0) is 57.2 Å². The molecule has 6 aromatic rings. The summed E-state index contributed by atoms with van der Waals surface area (Å²) < 4.78 is 0. The molecule has 0 spiro atoms. The van der Waals surface area contributed by atoms with Crippen LogP contribution < -0.4 is 5.32 Å². The molecule has 0 atom stereocenters. The number of rotatable bonds is 6. The van der Waals surface area contributed by atoms with Gasteiger partial charge < -0.3 is 10.3 Å². The minimum Gasteiger partial charge on any atom is -0.382 e. The SMILES string of the molecule is CC(=O)c1ccc(-c2cccc3[nH]c(-c4n[nH]c5ccc(-c6cncc(NC(C)C)c6)nc45)nc23)s1. The van der Waals surface area contributed by atoms with Gasteiger partial charge in [-0.2, -0.15) is 5.10 Å². The number of pyridine rings is 2. The van der Waals surface area contributed by atoms with Crippen LogP contribution in [-0.4, -0.2) is 42.0 Å². The first-order chi connectivity index (χ1) is 17.5. The predicted octanol–water partition coefficient (Wildman–Crippen LogP) is 6.31. The van der Waals surface area contributed by atoms with E-state index in [1.807, 2.05) is 60.9 Å². The maximum Gasteiger partial charge on any atom is 0.169 e. The first kappa shape index (κ1) is 22.1. The van der Waals surface area contributed by atoms with E-state index in [1.165, 1.54) is 11.3 Å². The lowest BCUT2D eigenvalue weighted by atomic mass is 10.1. The molecule has 0 fully saturated rings. The Morgan fingerprint density at radius 3 is 2.69 bits per heavy atom. The highest BCUT2D eigenvalue weighted by atomic mass is 32.1. The summed E-state index contributed by atoms with van der Waals surface area (Å²) in [5, 5.41) is 11.0. The number of thiophene rings is 1. The zero-order valence-electron chi connectivity index (χ0n) is 20.0. The second-order valence-electron chi connectivity index (χ2n) is 8.93. The van der Waals surface area contributed by atoms with Crippen LogP contribution in [0.3, 0.4) is 0 Å². The Bertz CT molecular complexity index is 1740. The van der Waals surface area contributed by atoms with Crippen LogP contribution in [0, 0.1) is 0 Å². The van der Waals surface area contributed by atoms with E-state index in [2.05, 4.69) is 39.3 Å². The highest BCUT2D eigenvalue weighted by molar-refractivity contribution is 7.17. The number of para-hydroxylation sites is 1. The summed E-state index contributed by atoms with van der Waals surface area (Å²) in [5.41, 5.74) is 7.56. The molecule has 0 saturated carbocycles. The molecule has 3 N–H and O–H groups in total. The monoisotopic (exact) mass is 493 g/mol. The number of aromatic nitrogens is 6. The van der Waals surface area contributed by atoms with Crippen molar-refractivity contribution in [3.05, 3.63) is 65.8 Å². The molecule has 0 amide bonds. The lowest BCUT2D eigenvalue weighted by Crippen LogP contribution is -2.09. The highest BCUT2D eigenvalue weighted by Crippen LogP contribution is 2.35. The van der Waals surface area contributed by atoms with Crippen LogP contribution in [0.25, 0.3) is 55.3 Å². The second kappa shape index (κ2) is 8.69. The van der Waals surface area contributed by atoms with Gasteiger partial charge in [0.15, 0.2) is 17.3 Å². The first-order valence-electron chi connectivity index (χ1n) is 11.6. The van der Waals surface area contributed by atoms with Crippen molar-refractivity contribution in [3.63, 3.8) is 0 Å². The Morgan fingerprint density at radius 1 is 1.00 bits per heavy atom. The summed E-state index contributed by atoms with van der Waals surface area (Å²) in [4.78, 5) is 31.1. The number of aromatic amines is 2. The third-order valence-corrected chi connectivity index (χ3v) is 7.07. The van der Waals surface area contributed by atoms with E-state index in [9.17, 15) is 4.79 Å². The number of fused-ring (bicyclic) bond motifs is 2. The zero-order valence-corrected chi connectivity index (χ0v) is 20.8. The van der Waals surface area contributed by atoms with Gasteiger partial charge in [-0.15, -0.1) is 11.3 Å². The zero-order chi connectivity index (χ0) is 24.8. The summed E-state index contributed by atoms with van der Waals surface area (Å²) in [6, 6.07) is 16.1. The van der Waals surface area contributed by atoms with E-state index in [4.69, 9.17) is 9.97 Å². The van der Waals surface area contributed by atoms with Crippen LogP contribution >= 0.6 is 11.3 Å². The minimum atomic E-state index is 0.0618. The fraction of sp³-hybridized carbons (Fsp3) is 0.148. The normalized spacial score (nSPS) is 11.6. The van der Waals surface area contributed by atoms with Crippen LogP contribution in [0.1, 0.15) is 30.4 Å². The number of nitrogens with zero attached hydrogens (tertiary/aromatic N) is 4. The molecule has 0 saturated heterocycles. The molecule has 0 radical (unpaired) electrons. The predicted molar refractivity (Wildman–Crippen MR) is 144 cm³/mol. The van der Waals surface area contributed by atoms with Gasteiger partial charge in [-0.25, -0.2) is 9.97 Å². The molecule has 0 aliphatic heterocycles. The van der Waals surface area contributed by atoms with E-state index in [1.54, 1.807) is 6.92 Å². The largest absolute Gasteiger partial charge is 0.382 e. The number of Topliss-reactive ketones (excluding diaryl/α,β-unsaturated/α-hetero) is 1. The molecule has 0 aliphatic carbocycles. The lowest BCUT2D eigenvalue weighted by molar-refractivity contribution is 0.102. The van der Waals surface area contributed by atoms with Gasteiger partial charge in [0, 0.05) is 34.4 Å². The Labute approximate surface area is 210 Å². The molecule has 5 aromatic heterocycles. The summed E-state index contributed by atoms with van der Waals surface area (Å²) in [5.74, 6) is 0.691. The smallest absolute Gasteiger partial charge is 0.169 e. The highest BCUT2D eigenvalue weighted by Gasteiger charge is 2.18. The average molecular weight is 494 g/mol. The summed E-state index contributed by atoms with van der Waals surface area (Å²) in [6.07, 6.45) is 3.62. The van der Waals surface area contributed by atoms with Crippen molar-refractivity contribution in [2.45, 2.75) is 26.8 Å². The average Bonchev–Trinajstić information content (AvgIpc) is 3.60. The molecule has 9 heteroatoms. The van der Waals surface area contributed by atoms with Crippen molar-refractivity contribution in [1.82, 2.24) is 30.1 Å². The van der Waals surface area contributed by atoms with E-state index in [0.29, 0.717) is 17.6 Å². The fourth-order valence-corrected chi connectivity index (χ4v) is 5.16. The number of nitrogens with one attached hydrogen (secondary N) is 3. The number of carbonyl (C=O) groups excluding carboxylic acids is 1. The van der Waals surface area contributed by atoms with Gasteiger partial charge in [-0.1, -0.05) is 12.1 Å². The number of hydrogen-bond donors (Lipinski definition) is 3. The van der Waals surface area contributed by atoms with Crippen LogP contribution in [0.2, 0.25) is 0 Å². The molecular formula is C27H23N7OS. The Morgan fingerprint density at radius 2 is 1.89 bits per heavy atom. The first-order valence-corrected chi connectivity index (χ1v) is 12.5. The minimum absolute atomic E-state index is 0.0618. The summed E-state index contributed by atoms with van der Waals surface area (Å²) in [7, 11) is 0. The van der Waals surface area contributed by atoms with Gasteiger partial charge in [0.1, 0.15) is 5.52 Å². The van der Waals surface area contributed by atoms with Gasteiger partial charge >= 0.3 is 0 Å². The molecule has 0 unspecified atom stereocenters. The molecule has 6 rings (SSSR count). The van der Waals surface area contributed by atoms with E-state index >= 15 is 0 Å². The van der Waals surface area contributed by atoms with Crippen molar-refractivity contribution >= 4 is 44.9 Å². The molecule has 36 heavy (non-hydrogen) atoms. The van der Waals surface area contributed by atoms with E-state index in [-0.39, 0.29) is 5.78 Å². The van der Waals surface area contributed by atoms with Crippen molar-refractivity contribution in [2.75, 3.05) is 5.32 Å². The quantitative estimate of drug-likeness (QED) is 0.234. The summed E-state index contributed by atoms with van der Waals surface area (Å²) >= 11 is 1.47. The van der Waals surface area contributed by atoms with Gasteiger partial charge in [0.05, 0.1) is 32.8 Å². The van der Waals surface area contributed by atoms with Crippen LogP contribution in [0.15, 0.2) is 60.9 Å². The Kier molecular flexibility index (Phi) is 5.34. The van der Waals surface area contributed by atoms with Crippen LogP contribution in [0.4, 0.5) is 5.69 Å². The lowest BCUT2D eigenvalue weighted by Gasteiger charge is -2.10. The number of ketones is 1. The third kappa shape index (κ3) is 3.93. The van der Waals surface area contributed by atoms with Crippen LogP contribution in [-0.2, 0) is 0 Å². The molecule has 178 valence electrons. The number of hydrogen-bond acceptors (Lipinski definition) is 7. The Hall–Kier alpha value is -4.37. The van der Waals surface area contributed by atoms with Gasteiger partial charge in [0.25, 0.3) is 0 Å². The molecular weight excluding hydrogens is 470 g/mol. The molecule has 0 bridgehead atoms. The van der Waals surface area contributed by atoms with Gasteiger partial charge in [-0.3, -0.25) is 14.9 Å². The van der Waals surface area contributed by atoms with Crippen molar-refractivity contribution in [1.29, 1.82) is 0 Å². The van der Waals surface area contributed by atoms with E-state index in [0.717, 1.165) is 54.3 Å². The van der Waals surface area contributed by atoms with E-state index < -0.39 is 0 Å². The maximum atomic E-state index is 11.8. The Balaban J connectivity index is 1.43. The van der Waals surface area contributed by atoms with Gasteiger partial charge in [0.2, 0.25) is 0 Å². The number of benzene rings is 1. The standard InChI is InChI=1S/C27H23N7OS/c1-14(2)29-17-11-16(12-28-13-17)19-7-8-21-25(30-19)26(34-33-21)27-31-20-6-4-5-18(24(20)32-27)23-10-9-22(36-23)15(3)35/h4-14,29H,1-3H3,(H,31,32)(H,33,34). The molecule has 8 nitrogen and oxygen atoms in total. The van der Waals surface area contributed by atoms with Crippen molar-refractivity contribution in [3.8, 4) is 33.2 Å². The summed E-state index contributed by atoms with van der Waals surface area (Å²) in [6.45, 7) is 5.77. The van der Waals surface area contributed by atoms with Crippen molar-refractivity contribution < 1.29 is 4.79 Å². The fourth-order valence-electron chi connectivity index (χ4n) is 4.23. The number of H-pyrrole nitrogens is 2. The van der Waals surface area contributed by atoms with Crippen molar-refractivity contribution in [2.24, 2.45) is 0 Å². The molecule has 0 aliphatic rings. The topological polar surface area (TPSA) is 112 Å². The van der Waals surface area contributed by atoms with Crippen LogP contribution in [0.5, 0.6) is 0 Å². The number of anilines is 1.